The zero-order valence-corrected chi connectivity index (χ0v) is 18.4. The van der Waals surface area contributed by atoms with Gasteiger partial charge >= 0.3 is 0 Å². The molecule has 0 aromatic heterocycles. The highest BCUT2D eigenvalue weighted by Crippen LogP contribution is 2.21. The normalized spacial score (nSPS) is 14.5. The SMILES string of the molecule is CN(CCOc1cccc(CNC(=O)COc2ccc(F)c(Cl)c2)c1)C1CCOCC1. The molecule has 0 atom stereocenters. The Hall–Kier alpha value is -2.35. The Kier molecular flexibility index (Phi) is 8.94. The molecule has 1 aliphatic heterocycles. The largest absolute Gasteiger partial charge is 0.492 e. The Bertz CT molecular complexity index is 861. The van der Waals surface area contributed by atoms with Crippen molar-refractivity contribution in [1.29, 1.82) is 0 Å². The van der Waals surface area contributed by atoms with E-state index in [4.69, 9.17) is 25.8 Å². The standard InChI is InChI=1S/C23H28ClFN2O4/c1-27(18-7-10-29-11-8-18)9-12-30-19-4-2-3-17(13-19)15-26-23(28)16-31-20-5-6-22(25)21(24)14-20/h2-6,13-14,18H,7-12,15-16H2,1H3,(H,26,28). The Morgan fingerprint density at radius 1 is 1.19 bits per heavy atom. The third-order valence-electron chi connectivity index (χ3n) is 5.18. The van der Waals surface area contributed by atoms with Gasteiger partial charge in [0.25, 0.3) is 5.91 Å². The summed E-state index contributed by atoms with van der Waals surface area (Å²) < 4.78 is 29.8. The van der Waals surface area contributed by atoms with E-state index in [1.165, 1.54) is 18.2 Å². The van der Waals surface area contributed by atoms with Crippen molar-refractivity contribution in [2.45, 2.75) is 25.4 Å². The lowest BCUT2D eigenvalue weighted by atomic mass is 10.1. The quantitative estimate of drug-likeness (QED) is 0.598. The molecule has 2 aromatic carbocycles. The van der Waals surface area contributed by atoms with Crippen LogP contribution in [-0.4, -0.2) is 56.9 Å². The van der Waals surface area contributed by atoms with Crippen LogP contribution in [0.15, 0.2) is 42.5 Å². The van der Waals surface area contributed by atoms with Crippen molar-refractivity contribution in [3.05, 3.63) is 58.9 Å². The van der Waals surface area contributed by atoms with Gasteiger partial charge in [-0.05, 0) is 49.7 Å². The van der Waals surface area contributed by atoms with Crippen molar-refractivity contribution in [3.63, 3.8) is 0 Å². The third kappa shape index (κ3) is 7.69. The molecule has 1 fully saturated rings. The van der Waals surface area contributed by atoms with Crippen LogP contribution in [0.3, 0.4) is 0 Å². The predicted octanol–water partition coefficient (Wildman–Crippen LogP) is 3.66. The molecular formula is C23H28ClFN2O4. The van der Waals surface area contributed by atoms with Crippen LogP contribution < -0.4 is 14.8 Å². The molecule has 0 aliphatic carbocycles. The fraction of sp³-hybridized carbons (Fsp3) is 0.435. The maximum absolute atomic E-state index is 13.2. The average Bonchev–Trinajstić information content (AvgIpc) is 2.79. The summed E-state index contributed by atoms with van der Waals surface area (Å²) in [5, 5.41) is 2.75. The molecular weight excluding hydrogens is 423 g/mol. The number of amides is 1. The molecule has 1 amide bonds. The first-order chi connectivity index (χ1) is 15.0. The molecule has 0 saturated carbocycles. The van der Waals surface area contributed by atoms with Crippen molar-refractivity contribution < 1.29 is 23.4 Å². The van der Waals surface area contributed by atoms with Crippen LogP contribution in [0.5, 0.6) is 11.5 Å². The highest BCUT2D eigenvalue weighted by Gasteiger charge is 2.18. The van der Waals surface area contributed by atoms with Crippen LogP contribution in [0.1, 0.15) is 18.4 Å². The molecule has 8 heteroatoms. The molecule has 3 rings (SSSR count). The number of hydrogen-bond acceptors (Lipinski definition) is 5. The minimum atomic E-state index is -0.532. The number of likely N-dealkylation sites (N-methyl/N-ethyl adjacent to an activating group) is 1. The molecule has 0 bridgehead atoms. The third-order valence-corrected chi connectivity index (χ3v) is 5.47. The smallest absolute Gasteiger partial charge is 0.258 e. The van der Waals surface area contributed by atoms with E-state index in [1.54, 1.807) is 0 Å². The molecule has 1 N–H and O–H groups in total. The lowest BCUT2D eigenvalue weighted by molar-refractivity contribution is -0.123. The summed E-state index contributed by atoms with van der Waals surface area (Å²) in [7, 11) is 2.12. The topological polar surface area (TPSA) is 60.0 Å². The lowest BCUT2D eigenvalue weighted by Gasteiger charge is -2.31. The van der Waals surface area contributed by atoms with Crippen LogP contribution in [0.25, 0.3) is 0 Å². The molecule has 31 heavy (non-hydrogen) atoms. The van der Waals surface area contributed by atoms with E-state index in [1.807, 2.05) is 24.3 Å². The van der Waals surface area contributed by atoms with Gasteiger partial charge in [0.05, 0.1) is 5.02 Å². The number of nitrogens with zero attached hydrogens (tertiary/aromatic N) is 1. The molecule has 0 spiro atoms. The number of carbonyl (C=O) groups excluding carboxylic acids is 1. The molecule has 0 radical (unpaired) electrons. The predicted molar refractivity (Wildman–Crippen MR) is 117 cm³/mol. The Morgan fingerprint density at radius 2 is 1.97 bits per heavy atom. The van der Waals surface area contributed by atoms with E-state index in [0.717, 1.165) is 43.9 Å². The molecule has 168 valence electrons. The number of benzene rings is 2. The Balaban J connectivity index is 1.38. The van der Waals surface area contributed by atoms with E-state index in [-0.39, 0.29) is 17.5 Å². The van der Waals surface area contributed by atoms with Gasteiger partial charge in [-0.1, -0.05) is 23.7 Å². The van der Waals surface area contributed by atoms with Crippen molar-refractivity contribution in [2.75, 3.05) is 40.0 Å². The Labute approximate surface area is 187 Å². The molecule has 1 saturated heterocycles. The summed E-state index contributed by atoms with van der Waals surface area (Å²) in [6, 6.07) is 12.1. The van der Waals surface area contributed by atoms with E-state index in [9.17, 15) is 9.18 Å². The van der Waals surface area contributed by atoms with Gasteiger partial charge in [-0.3, -0.25) is 9.69 Å². The van der Waals surface area contributed by atoms with Gasteiger partial charge < -0.3 is 19.5 Å². The van der Waals surface area contributed by atoms with Crippen LogP contribution in [0.2, 0.25) is 5.02 Å². The monoisotopic (exact) mass is 450 g/mol. The zero-order chi connectivity index (χ0) is 22.1. The number of carbonyl (C=O) groups is 1. The van der Waals surface area contributed by atoms with Crippen molar-refractivity contribution in [3.8, 4) is 11.5 Å². The van der Waals surface area contributed by atoms with E-state index in [2.05, 4.69) is 17.3 Å². The summed E-state index contributed by atoms with van der Waals surface area (Å²) in [5.74, 6) is 0.285. The van der Waals surface area contributed by atoms with Gasteiger partial charge in [0, 0.05) is 38.4 Å². The fourth-order valence-corrected chi connectivity index (χ4v) is 3.50. The van der Waals surface area contributed by atoms with Gasteiger partial charge in [-0.2, -0.15) is 0 Å². The Morgan fingerprint density at radius 3 is 2.74 bits per heavy atom. The second kappa shape index (κ2) is 11.9. The van der Waals surface area contributed by atoms with Gasteiger partial charge in [-0.15, -0.1) is 0 Å². The van der Waals surface area contributed by atoms with Crippen LogP contribution in [0, 0.1) is 5.82 Å². The van der Waals surface area contributed by atoms with Crippen molar-refractivity contribution in [2.24, 2.45) is 0 Å². The number of nitrogens with one attached hydrogen (secondary N) is 1. The van der Waals surface area contributed by atoms with Crippen LogP contribution in [-0.2, 0) is 16.1 Å². The number of ether oxygens (including phenoxy) is 3. The minimum absolute atomic E-state index is 0.0475. The summed E-state index contributed by atoms with van der Waals surface area (Å²) in [4.78, 5) is 14.4. The molecule has 1 aliphatic rings. The minimum Gasteiger partial charge on any atom is -0.492 e. The van der Waals surface area contributed by atoms with E-state index >= 15 is 0 Å². The second-order valence-corrected chi connectivity index (χ2v) is 7.87. The van der Waals surface area contributed by atoms with E-state index < -0.39 is 5.82 Å². The number of hydrogen-bond donors (Lipinski definition) is 1. The van der Waals surface area contributed by atoms with Crippen LogP contribution >= 0.6 is 11.6 Å². The highest BCUT2D eigenvalue weighted by atomic mass is 35.5. The molecule has 1 heterocycles. The summed E-state index contributed by atoms with van der Waals surface area (Å²) in [6.07, 6.45) is 2.12. The summed E-state index contributed by atoms with van der Waals surface area (Å²) >= 11 is 5.70. The lowest BCUT2D eigenvalue weighted by Crippen LogP contribution is -2.38. The maximum Gasteiger partial charge on any atom is 0.258 e. The highest BCUT2D eigenvalue weighted by molar-refractivity contribution is 6.30. The fourth-order valence-electron chi connectivity index (χ4n) is 3.33. The first-order valence-electron chi connectivity index (χ1n) is 10.4. The van der Waals surface area contributed by atoms with Gasteiger partial charge in [0.1, 0.15) is 23.9 Å². The average molecular weight is 451 g/mol. The van der Waals surface area contributed by atoms with Gasteiger partial charge in [0.15, 0.2) is 6.61 Å². The van der Waals surface area contributed by atoms with Gasteiger partial charge in [-0.25, -0.2) is 4.39 Å². The molecule has 0 unspecified atom stereocenters. The maximum atomic E-state index is 13.2. The summed E-state index contributed by atoms with van der Waals surface area (Å²) in [6.45, 7) is 3.26. The number of rotatable bonds is 10. The molecule has 2 aromatic rings. The van der Waals surface area contributed by atoms with Crippen molar-refractivity contribution >= 4 is 17.5 Å². The van der Waals surface area contributed by atoms with Crippen LogP contribution in [0.4, 0.5) is 4.39 Å². The van der Waals surface area contributed by atoms with E-state index in [0.29, 0.717) is 24.9 Å². The zero-order valence-electron chi connectivity index (χ0n) is 17.6. The molecule has 6 nitrogen and oxygen atoms in total. The second-order valence-electron chi connectivity index (χ2n) is 7.46. The van der Waals surface area contributed by atoms with Gasteiger partial charge in [0.2, 0.25) is 0 Å². The first-order valence-corrected chi connectivity index (χ1v) is 10.7. The van der Waals surface area contributed by atoms with Crippen molar-refractivity contribution in [1.82, 2.24) is 10.2 Å². The first kappa shape index (κ1) is 23.3. The summed E-state index contributed by atoms with van der Waals surface area (Å²) in [5.41, 5.74) is 0.925. The number of halogens is 2.